The summed E-state index contributed by atoms with van der Waals surface area (Å²) in [5.41, 5.74) is 2.68. The molecule has 2 aliphatic rings. The van der Waals surface area contributed by atoms with Gasteiger partial charge in [-0.1, -0.05) is 36.4 Å². The van der Waals surface area contributed by atoms with Gasteiger partial charge in [0, 0.05) is 30.1 Å². The second-order valence-corrected chi connectivity index (χ2v) is 10.4. The summed E-state index contributed by atoms with van der Waals surface area (Å²) in [7, 11) is 0. The van der Waals surface area contributed by atoms with Gasteiger partial charge in [0.25, 0.3) is 5.91 Å². The van der Waals surface area contributed by atoms with Crippen molar-refractivity contribution in [2.75, 3.05) is 32.8 Å². The summed E-state index contributed by atoms with van der Waals surface area (Å²) < 4.78 is 11.9. The fraction of sp³-hybridized carbons (Fsp3) is 0.379. The van der Waals surface area contributed by atoms with E-state index in [0.29, 0.717) is 31.9 Å². The molecule has 0 aliphatic carbocycles. The first-order chi connectivity index (χ1) is 17.6. The van der Waals surface area contributed by atoms with Crippen LogP contribution in [0, 0.1) is 6.92 Å². The zero-order chi connectivity index (χ0) is 24.9. The van der Waals surface area contributed by atoms with E-state index >= 15 is 0 Å². The molecule has 2 aromatic carbocycles. The molecular weight excluding hydrogens is 472 g/mol. The van der Waals surface area contributed by atoms with Crippen LogP contribution in [0.4, 0.5) is 0 Å². The van der Waals surface area contributed by atoms with E-state index in [1.165, 1.54) is 4.88 Å². The molecule has 36 heavy (non-hydrogen) atoms. The number of fused-ring (bicyclic) bond motifs is 1. The Morgan fingerprint density at radius 3 is 2.69 bits per heavy atom. The third-order valence-corrected chi connectivity index (χ3v) is 8.00. The van der Waals surface area contributed by atoms with Crippen LogP contribution in [0.5, 0.6) is 5.75 Å². The molecule has 1 fully saturated rings. The lowest BCUT2D eigenvalue weighted by Crippen LogP contribution is -2.49. The van der Waals surface area contributed by atoms with Gasteiger partial charge >= 0.3 is 0 Å². The second kappa shape index (κ2) is 11.3. The van der Waals surface area contributed by atoms with Crippen molar-refractivity contribution in [2.24, 2.45) is 0 Å². The third-order valence-electron chi connectivity index (χ3n) is 7.00. The Kier molecular flexibility index (Phi) is 7.68. The fourth-order valence-corrected chi connectivity index (χ4v) is 5.99. The number of benzene rings is 2. The molecule has 0 saturated carbocycles. The molecular formula is C29H32N2O4S. The maximum atomic E-state index is 13.8. The highest BCUT2D eigenvalue weighted by Gasteiger charge is 2.34. The molecule has 2 aliphatic heterocycles. The molecule has 1 saturated heterocycles. The number of hydrogen-bond donors (Lipinski definition) is 0. The molecule has 0 N–H and O–H groups in total. The molecule has 5 rings (SSSR count). The van der Waals surface area contributed by atoms with Crippen molar-refractivity contribution >= 4 is 23.2 Å². The van der Waals surface area contributed by atoms with Gasteiger partial charge < -0.3 is 19.3 Å². The number of para-hydroxylation sites is 1. The number of ether oxygens (including phenoxy) is 2. The number of nitrogens with zero attached hydrogens (tertiary/aromatic N) is 2. The van der Waals surface area contributed by atoms with Crippen LogP contribution in [0.1, 0.15) is 45.2 Å². The predicted octanol–water partition coefficient (Wildman–Crippen LogP) is 4.88. The van der Waals surface area contributed by atoms with Gasteiger partial charge in [-0.3, -0.25) is 9.59 Å². The third kappa shape index (κ3) is 5.47. The number of hydrogen-bond acceptors (Lipinski definition) is 5. The quantitative estimate of drug-likeness (QED) is 0.439. The van der Waals surface area contributed by atoms with Gasteiger partial charge in [0.2, 0.25) is 5.91 Å². The van der Waals surface area contributed by atoms with E-state index in [-0.39, 0.29) is 30.5 Å². The summed E-state index contributed by atoms with van der Waals surface area (Å²) in [4.78, 5) is 32.3. The number of aryl methyl sites for hydroxylation is 1. The van der Waals surface area contributed by atoms with Gasteiger partial charge in [0.1, 0.15) is 18.9 Å². The molecule has 0 radical (unpaired) electrons. The molecule has 7 heteroatoms. The SMILES string of the molecule is Cc1ccccc1C(=O)N(CC(=O)N1CCc2sccc2[C@H]1COc1ccccc1)C[C@@H]1CCCO1. The van der Waals surface area contributed by atoms with Crippen LogP contribution in [0.15, 0.2) is 66.0 Å². The number of carbonyl (C=O) groups is 2. The van der Waals surface area contributed by atoms with Crippen LogP contribution in [-0.2, 0) is 16.0 Å². The van der Waals surface area contributed by atoms with Gasteiger partial charge in [0.15, 0.2) is 0 Å². The Morgan fingerprint density at radius 1 is 1.11 bits per heavy atom. The number of thiophene rings is 1. The summed E-state index contributed by atoms with van der Waals surface area (Å²) in [6.07, 6.45) is 2.67. The van der Waals surface area contributed by atoms with E-state index in [1.807, 2.05) is 66.4 Å². The second-order valence-electron chi connectivity index (χ2n) is 9.41. The lowest BCUT2D eigenvalue weighted by Gasteiger charge is -2.37. The average Bonchev–Trinajstić information content (AvgIpc) is 3.59. The van der Waals surface area contributed by atoms with Crippen molar-refractivity contribution in [2.45, 2.75) is 38.3 Å². The maximum Gasteiger partial charge on any atom is 0.254 e. The van der Waals surface area contributed by atoms with Crippen molar-refractivity contribution < 1.29 is 19.1 Å². The predicted molar refractivity (Wildman–Crippen MR) is 140 cm³/mol. The Morgan fingerprint density at radius 2 is 1.92 bits per heavy atom. The molecule has 0 spiro atoms. The van der Waals surface area contributed by atoms with Crippen molar-refractivity contribution in [1.29, 1.82) is 0 Å². The molecule has 6 nitrogen and oxygen atoms in total. The Bertz CT molecular complexity index is 1190. The van der Waals surface area contributed by atoms with E-state index in [2.05, 4.69) is 11.4 Å². The smallest absolute Gasteiger partial charge is 0.254 e. The van der Waals surface area contributed by atoms with Crippen molar-refractivity contribution in [1.82, 2.24) is 9.80 Å². The van der Waals surface area contributed by atoms with E-state index in [9.17, 15) is 9.59 Å². The summed E-state index contributed by atoms with van der Waals surface area (Å²) in [6.45, 7) is 4.06. The first-order valence-corrected chi connectivity index (χ1v) is 13.5. The molecule has 0 bridgehead atoms. The van der Waals surface area contributed by atoms with Crippen LogP contribution in [0.25, 0.3) is 0 Å². The molecule has 188 valence electrons. The molecule has 0 unspecified atom stereocenters. The molecule has 3 aromatic rings. The number of rotatable bonds is 8. The Balaban J connectivity index is 1.36. The first-order valence-electron chi connectivity index (χ1n) is 12.6. The molecule has 2 atom stereocenters. The van der Waals surface area contributed by atoms with E-state index in [4.69, 9.17) is 9.47 Å². The number of carbonyl (C=O) groups excluding carboxylic acids is 2. The Hall–Kier alpha value is -3.16. The van der Waals surface area contributed by atoms with Crippen molar-refractivity contribution in [3.05, 3.63) is 87.6 Å². The largest absolute Gasteiger partial charge is 0.491 e. The topological polar surface area (TPSA) is 59.1 Å². The normalized spacial score (nSPS) is 19.1. The highest BCUT2D eigenvalue weighted by Crippen LogP contribution is 2.34. The minimum Gasteiger partial charge on any atom is -0.491 e. The van der Waals surface area contributed by atoms with E-state index < -0.39 is 0 Å². The summed E-state index contributed by atoms with van der Waals surface area (Å²) >= 11 is 1.73. The van der Waals surface area contributed by atoms with Gasteiger partial charge in [-0.15, -0.1) is 11.3 Å². The van der Waals surface area contributed by atoms with Gasteiger partial charge in [0.05, 0.1) is 12.1 Å². The lowest BCUT2D eigenvalue weighted by molar-refractivity contribution is -0.135. The highest BCUT2D eigenvalue weighted by atomic mass is 32.1. The average molecular weight is 505 g/mol. The van der Waals surface area contributed by atoms with Gasteiger partial charge in [-0.25, -0.2) is 0 Å². The van der Waals surface area contributed by atoms with Crippen LogP contribution in [0.2, 0.25) is 0 Å². The lowest BCUT2D eigenvalue weighted by atomic mass is 10.00. The van der Waals surface area contributed by atoms with Crippen molar-refractivity contribution in [3.8, 4) is 5.75 Å². The standard InChI is InChI=1S/C29H32N2O4S/c1-21-8-5-6-12-24(21)29(33)30(18-23-11-7-16-34-23)19-28(32)31-15-13-27-25(14-17-36-27)26(31)20-35-22-9-3-2-4-10-22/h2-6,8-10,12,14,17,23,26H,7,11,13,15-16,18-20H2,1H3/t23-,26+/m0/s1. The first kappa shape index (κ1) is 24.5. The monoisotopic (exact) mass is 504 g/mol. The summed E-state index contributed by atoms with van der Waals surface area (Å²) in [5, 5.41) is 2.08. The minimum absolute atomic E-state index is 0.0222. The zero-order valence-corrected chi connectivity index (χ0v) is 21.4. The molecule has 2 amide bonds. The Labute approximate surface area is 216 Å². The molecule has 3 heterocycles. The van der Waals surface area contributed by atoms with Crippen LogP contribution in [0.3, 0.4) is 0 Å². The van der Waals surface area contributed by atoms with Crippen LogP contribution in [-0.4, -0.2) is 60.6 Å². The highest BCUT2D eigenvalue weighted by molar-refractivity contribution is 7.10. The van der Waals surface area contributed by atoms with Crippen LogP contribution >= 0.6 is 11.3 Å². The summed E-state index contributed by atoms with van der Waals surface area (Å²) in [6, 6.07) is 19.1. The fourth-order valence-electron chi connectivity index (χ4n) is 5.06. The minimum atomic E-state index is -0.189. The van der Waals surface area contributed by atoms with E-state index in [1.54, 1.807) is 16.2 Å². The van der Waals surface area contributed by atoms with Crippen molar-refractivity contribution in [3.63, 3.8) is 0 Å². The van der Waals surface area contributed by atoms with E-state index in [0.717, 1.165) is 36.1 Å². The zero-order valence-electron chi connectivity index (χ0n) is 20.6. The maximum absolute atomic E-state index is 13.8. The van der Waals surface area contributed by atoms with Crippen LogP contribution < -0.4 is 4.74 Å². The number of amides is 2. The van der Waals surface area contributed by atoms with Gasteiger partial charge in [-0.2, -0.15) is 0 Å². The van der Waals surface area contributed by atoms with Gasteiger partial charge in [-0.05, 0) is 67.0 Å². The summed E-state index contributed by atoms with van der Waals surface area (Å²) in [5.74, 6) is 0.595. The molecule has 1 aromatic heterocycles.